The number of hydrogen-bond donors (Lipinski definition) is 1. The molecule has 1 N–H and O–H groups in total. The van der Waals surface area contributed by atoms with Crippen LogP contribution in [0.4, 0.5) is 0 Å². The lowest BCUT2D eigenvalue weighted by molar-refractivity contribution is -0.117. The molecule has 34 heavy (non-hydrogen) atoms. The molecule has 1 aliphatic carbocycles. The van der Waals surface area contributed by atoms with E-state index in [-0.39, 0.29) is 17.5 Å². The van der Waals surface area contributed by atoms with Gasteiger partial charge in [-0.15, -0.1) is 0 Å². The summed E-state index contributed by atoms with van der Waals surface area (Å²) < 4.78 is 8.00. The largest absolute Gasteiger partial charge is 0.489 e. The summed E-state index contributed by atoms with van der Waals surface area (Å²) in [6.07, 6.45) is 5.91. The highest BCUT2D eigenvalue weighted by Gasteiger charge is 2.20. The number of nitriles is 1. The Kier molecular flexibility index (Phi) is 7.40. The van der Waals surface area contributed by atoms with Crippen molar-refractivity contribution in [1.82, 2.24) is 9.88 Å². The molecular weight excluding hydrogens is 446 g/mol. The molecule has 4 rings (SSSR count). The van der Waals surface area contributed by atoms with Crippen molar-refractivity contribution in [2.24, 2.45) is 0 Å². The molecule has 0 spiro atoms. The van der Waals surface area contributed by atoms with Crippen molar-refractivity contribution in [3.05, 3.63) is 87.7 Å². The number of hydrogen-bond acceptors (Lipinski definition) is 3. The van der Waals surface area contributed by atoms with Crippen LogP contribution in [-0.2, 0) is 11.4 Å². The second-order valence-electron chi connectivity index (χ2n) is 8.70. The van der Waals surface area contributed by atoms with Gasteiger partial charge in [-0.2, -0.15) is 5.26 Å². The van der Waals surface area contributed by atoms with E-state index in [0.717, 1.165) is 59.6 Å². The SMILES string of the molecule is Cc1cc(/C=C(/C#N)C(=O)NC2CCCC2)c(C)n1-c1ccc(OCc2ccc(Cl)cc2)cc1. The average Bonchev–Trinajstić information content (AvgIpc) is 3.44. The Morgan fingerprint density at radius 3 is 2.47 bits per heavy atom. The second-order valence-corrected chi connectivity index (χ2v) is 9.13. The Bertz CT molecular complexity index is 1230. The smallest absolute Gasteiger partial charge is 0.262 e. The van der Waals surface area contributed by atoms with Gasteiger partial charge >= 0.3 is 0 Å². The summed E-state index contributed by atoms with van der Waals surface area (Å²) in [6.45, 7) is 4.47. The van der Waals surface area contributed by atoms with Crippen LogP contribution in [0.15, 0.2) is 60.2 Å². The first-order chi connectivity index (χ1) is 16.4. The van der Waals surface area contributed by atoms with Gasteiger partial charge < -0.3 is 14.6 Å². The number of rotatable bonds is 7. The Labute approximate surface area is 205 Å². The highest BCUT2D eigenvalue weighted by molar-refractivity contribution is 6.30. The van der Waals surface area contributed by atoms with E-state index in [1.165, 1.54) is 0 Å². The van der Waals surface area contributed by atoms with Crippen molar-refractivity contribution in [1.29, 1.82) is 5.26 Å². The normalized spacial score (nSPS) is 14.1. The molecule has 1 fully saturated rings. The van der Waals surface area contributed by atoms with Crippen molar-refractivity contribution in [3.8, 4) is 17.5 Å². The zero-order valence-electron chi connectivity index (χ0n) is 19.5. The molecule has 1 heterocycles. The van der Waals surface area contributed by atoms with Crippen LogP contribution < -0.4 is 10.1 Å². The van der Waals surface area contributed by atoms with E-state index >= 15 is 0 Å². The summed E-state index contributed by atoms with van der Waals surface area (Å²) >= 11 is 5.93. The van der Waals surface area contributed by atoms with Crippen molar-refractivity contribution in [3.63, 3.8) is 0 Å². The number of halogens is 1. The molecule has 0 aliphatic heterocycles. The topological polar surface area (TPSA) is 67.0 Å². The van der Waals surface area contributed by atoms with Gasteiger partial charge in [0.25, 0.3) is 5.91 Å². The summed E-state index contributed by atoms with van der Waals surface area (Å²) in [6, 6.07) is 19.7. The number of carbonyl (C=O) groups excluding carboxylic acids is 1. The third-order valence-electron chi connectivity index (χ3n) is 6.24. The first-order valence-electron chi connectivity index (χ1n) is 11.5. The van der Waals surface area contributed by atoms with Crippen LogP contribution in [0.2, 0.25) is 5.02 Å². The van der Waals surface area contributed by atoms with Crippen LogP contribution in [0, 0.1) is 25.2 Å². The van der Waals surface area contributed by atoms with E-state index in [1.807, 2.05) is 68.4 Å². The van der Waals surface area contributed by atoms with Crippen LogP contribution in [0.25, 0.3) is 11.8 Å². The highest BCUT2D eigenvalue weighted by atomic mass is 35.5. The minimum atomic E-state index is -0.290. The lowest BCUT2D eigenvalue weighted by Crippen LogP contribution is -2.33. The zero-order chi connectivity index (χ0) is 24.1. The van der Waals surface area contributed by atoms with E-state index in [9.17, 15) is 10.1 Å². The molecular formula is C28H28ClN3O2. The minimum Gasteiger partial charge on any atom is -0.489 e. The van der Waals surface area contributed by atoms with Gasteiger partial charge in [0.2, 0.25) is 0 Å². The van der Waals surface area contributed by atoms with Crippen LogP contribution in [-0.4, -0.2) is 16.5 Å². The van der Waals surface area contributed by atoms with Gasteiger partial charge in [0.1, 0.15) is 24.0 Å². The fourth-order valence-corrected chi connectivity index (χ4v) is 4.53. The summed E-state index contributed by atoms with van der Waals surface area (Å²) in [5, 5.41) is 13.3. The van der Waals surface area contributed by atoms with Crippen LogP contribution >= 0.6 is 11.6 Å². The quantitative estimate of drug-likeness (QED) is 0.324. The highest BCUT2D eigenvalue weighted by Crippen LogP contribution is 2.25. The fourth-order valence-electron chi connectivity index (χ4n) is 4.41. The molecule has 2 aromatic carbocycles. The molecule has 0 atom stereocenters. The molecule has 1 aromatic heterocycles. The monoisotopic (exact) mass is 473 g/mol. The van der Waals surface area contributed by atoms with Gasteiger partial charge in [0.05, 0.1) is 0 Å². The molecule has 0 bridgehead atoms. The standard InChI is InChI=1S/C28H28ClN3O2/c1-19-15-22(16-23(17-30)28(33)31-25-5-3-4-6-25)20(2)32(19)26-11-13-27(14-12-26)34-18-21-7-9-24(29)10-8-21/h7-16,25H,3-6,18H2,1-2H3,(H,31,33)/b23-16-. The lowest BCUT2D eigenvalue weighted by Gasteiger charge is -2.12. The van der Waals surface area contributed by atoms with Crippen LogP contribution in [0.1, 0.15) is 48.2 Å². The van der Waals surface area contributed by atoms with Crippen molar-refractivity contribution >= 4 is 23.6 Å². The summed E-state index contributed by atoms with van der Waals surface area (Å²) in [5.74, 6) is 0.484. The fraction of sp³-hybridized carbons (Fsp3) is 0.286. The van der Waals surface area contributed by atoms with E-state index in [2.05, 4.69) is 16.0 Å². The van der Waals surface area contributed by atoms with E-state index < -0.39 is 0 Å². The summed E-state index contributed by atoms with van der Waals surface area (Å²) in [4.78, 5) is 12.6. The molecule has 6 heteroatoms. The van der Waals surface area contributed by atoms with Crippen molar-refractivity contribution in [2.75, 3.05) is 0 Å². The Balaban J connectivity index is 1.48. The molecule has 1 amide bonds. The third kappa shape index (κ3) is 5.52. The maximum absolute atomic E-state index is 12.6. The summed E-state index contributed by atoms with van der Waals surface area (Å²) in [7, 11) is 0. The molecule has 1 aliphatic rings. The van der Waals surface area contributed by atoms with Crippen molar-refractivity contribution < 1.29 is 9.53 Å². The number of ether oxygens (including phenoxy) is 1. The van der Waals surface area contributed by atoms with Crippen LogP contribution in [0.3, 0.4) is 0 Å². The molecule has 5 nitrogen and oxygen atoms in total. The summed E-state index contributed by atoms with van der Waals surface area (Å²) in [5.41, 5.74) is 5.02. The molecule has 0 saturated heterocycles. The Morgan fingerprint density at radius 1 is 1.15 bits per heavy atom. The number of carbonyl (C=O) groups is 1. The predicted molar refractivity (Wildman–Crippen MR) is 135 cm³/mol. The van der Waals surface area contributed by atoms with Gasteiger partial charge in [-0.3, -0.25) is 4.79 Å². The minimum absolute atomic E-state index is 0.137. The lowest BCUT2D eigenvalue weighted by atomic mass is 10.1. The number of aryl methyl sites for hydroxylation is 1. The van der Waals surface area contributed by atoms with Gasteiger partial charge in [0, 0.05) is 28.1 Å². The first kappa shape index (κ1) is 23.7. The number of aromatic nitrogens is 1. The van der Waals surface area contributed by atoms with E-state index in [0.29, 0.717) is 11.6 Å². The van der Waals surface area contributed by atoms with E-state index in [4.69, 9.17) is 16.3 Å². The van der Waals surface area contributed by atoms with Crippen LogP contribution in [0.5, 0.6) is 5.75 Å². The molecule has 1 saturated carbocycles. The molecule has 3 aromatic rings. The molecule has 174 valence electrons. The number of nitrogens with zero attached hydrogens (tertiary/aromatic N) is 2. The van der Waals surface area contributed by atoms with E-state index in [1.54, 1.807) is 6.08 Å². The number of amides is 1. The maximum Gasteiger partial charge on any atom is 0.262 e. The Hall–Kier alpha value is -3.49. The van der Waals surface area contributed by atoms with Gasteiger partial charge in [-0.25, -0.2) is 0 Å². The van der Waals surface area contributed by atoms with Gasteiger partial charge in [-0.05, 0) is 86.4 Å². The van der Waals surface area contributed by atoms with Crippen molar-refractivity contribution in [2.45, 2.75) is 52.2 Å². The maximum atomic E-state index is 12.6. The van der Waals surface area contributed by atoms with Gasteiger partial charge in [0.15, 0.2) is 0 Å². The number of benzene rings is 2. The first-order valence-corrected chi connectivity index (χ1v) is 11.9. The Morgan fingerprint density at radius 2 is 1.82 bits per heavy atom. The molecule has 0 radical (unpaired) electrons. The number of nitrogens with one attached hydrogen (secondary N) is 1. The second kappa shape index (κ2) is 10.6. The average molecular weight is 474 g/mol. The zero-order valence-corrected chi connectivity index (χ0v) is 20.2. The molecule has 0 unspecified atom stereocenters. The predicted octanol–water partition coefficient (Wildman–Crippen LogP) is 6.29. The van der Waals surface area contributed by atoms with Gasteiger partial charge in [-0.1, -0.05) is 36.6 Å². The third-order valence-corrected chi connectivity index (χ3v) is 6.49.